The summed E-state index contributed by atoms with van der Waals surface area (Å²) in [5, 5.41) is 0. The van der Waals surface area contributed by atoms with Crippen molar-refractivity contribution in [2.24, 2.45) is 5.84 Å². The highest BCUT2D eigenvalue weighted by molar-refractivity contribution is 5.89. The molecule has 0 spiro atoms. The number of carbonyl (C=O) groups excluding carboxylic acids is 1. The molecular weight excluding hydrogens is 228 g/mol. The maximum atomic E-state index is 11.3. The lowest BCUT2D eigenvalue weighted by atomic mass is 10.1. The van der Waals surface area contributed by atoms with Gasteiger partial charge in [0.05, 0.1) is 12.2 Å². The number of ether oxygens (including phenoxy) is 1. The van der Waals surface area contributed by atoms with Gasteiger partial charge in [0.2, 0.25) is 0 Å². The first-order valence-electron chi connectivity index (χ1n) is 4.92. The minimum absolute atomic E-state index is 0. The summed E-state index contributed by atoms with van der Waals surface area (Å²) in [5.74, 6) is 5.01. The number of hydrogen-bond donors (Lipinski definition) is 2. The van der Waals surface area contributed by atoms with Gasteiger partial charge in [0, 0.05) is 6.04 Å². The van der Waals surface area contributed by atoms with Gasteiger partial charge < -0.3 is 4.74 Å². The van der Waals surface area contributed by atoms with Gasteiger partial charge in [-0.25, -0.2) is 4.79 Å². The van der Waals surface area contributed by atoms with Gasteiger partial charge in [0.15, 0.2) is 0 Å². The van der Waals surface area contributed by atoms with E-state index < -0.39 is 0 Å². The molecule has 0 radical (unpaired) electrons. The standard InChI is InChI=1S/C11H16N2O2.ClH/c1-3-15-11(14)10-6-4-9(5-7-10)8(2)13-12;/h4-8,13H,3,12H2,1-2H3;1H/t8-;/m0./s1. The Morgan fingerprint density at radius 3 is 2.44 bits per heavy atom. The van der Waals surface area contributed by atoms with Gasteiger partial charge >= 0.3 is 5.97 Å². The molecule has 16 heavy (non-hydrogen) atoms. The molecule has 90 valence electrons. The van der Waals surface area contributed by atoms with E-state index in [-0.39, 0.29) is 24.4 Å². The summed E-state index contributed by atoms with van der Waals surface area (Å²) in [7, 11) is 0. The Morgan fingerprint density at radius 2 is 2.00 bits per heavy atom. The average Bonchev–Trinajstić information content (AvgIpc) is 2.28. The third-order valence-electron chi connectivity index (χ3n) is 2.17. The zero-order valence-electron chi connectivity index (χ0n) is 9.40. The van der Waals surface area contributed by atoms with Crippen molar-refractivity contribution >= 4 is 18.4 Å². The van der Waals surface area contributed by atoms with Gasteiger partial charge in [-0.15, -0.1) is 12.4 Å². The molecule has 0 amide bonds. The molecular formula is C11H17ClN2O2. The van der Waals surface area contributed by atoms with E-state index >= 15 is 0 Å². The van der Waals surface area contributed by atoms with Crippen molar-refractivity contribution in [2.45, 2.75) is 19.9 Å². The van der Waals surface area contributed by atoms with Gasteiger partial charge in [-0.1, -0.05) is 12.1 Å². The monoisotopic (exact) mass is 244 g/mol. The van der Waals surface area contributed by atoms with Gasteiger partial charge in [-0.2, -0.15) is 0 Å². The van der Waals surface area contributed by atoms with Crippen LogP contribution in [0.3, 0.4) is 0 Å². The van der Waals surface area contributed by atoms with Crippen LogP contribution < -0.4 is 11.3 Å². The van der Waals surface area contributed by atoms with E-state index in [2.05, 4.69) is 5.43 Å². The van der Waals surface area contributed by atoms with Crippen molar-refractivity contribution in [1.29, 1.82) is 0 Å². The number of rotatable bonds is 4. The van der Waals surface area contributed by atoms with Crippen LogP contribution >= 0.6 is 12.4 Å². The molecule has 5 heteroatoms. The molecule has 4 nitrogen and oxygen atoms in total. The third kappa shape index (κ3) is 3.81. The van der Waals surface area contributed by atoms with Crippen molar-refractivity contribution in [2.75, 3.05) is 6.61 Å². The second-order valence-electron chi connectivity index (χ2n) is 3.23. The van der Waals surface area contributed by atoms with Crippen molar-refractivity contribution in [3.8, 4) is 0 Å². The molecule has 1 aromatic carbocycles. The van der Waals surface area contributed by atoms with E-state index in [1.54, 1.807) is 19.1 Å². The molecule has 0 aliphatic carbocycles. The van der Waals surface area contributed by atoms with Gasteiger partial charge in [0.1, 0.15) is 0 Å². The Labute approximate surface area is 102 Å². The minimum atomic E-state index is -0.294. The Balaban J connectivity index is 0.00000225. The second-order valence-corrected chi connectivity index (χ2v) is 3.23. The predicted octanol–water partition coefficient (Wildman–Crippen LogP) is 1.81. The Kier molecular flexibility index (Phi) is 6.72. The van der Waals surface area contributed by atoms with Crippen LogP contribution in [0.4, 0.5) is 0 Å². The van der Waals surface area contributed by atoms with E-state index in [0.717, 1.165) is 5.56 Å². The topological polar surface area (TPSA) is 64.3 Å². The number of halogens is 1. The first-order valence-corrected chi connectivity index (χ1v) is 4.92. The molecule has 0 fully saturated rings. The van der Waals surface area contributed by atoms with E-state index in [1.807, 2.05) is 19.1 Å². The maximum absolute atomic E-state index is 11.3. The van der Waals surface area contributed by atoms with E-state index in [0.29, 0.717) is 12.2 Å². The number of carbonyl (C=O) groups is 1. The Bertz CT molecular complexity index is 327. The van der Waals surface area contributed by atoms with Gasteiger partial charge in [0.25, 0.3) is 0 Å². The maximum Gasteiger partial charge on any atom is 0.338 e. The van der Waals surface area contributed by atoms with Gasteiger partial charge in [-0.3, -0.25) is 11.3 Å². The molecule has 0 aliphatic rings. The summed E-state index contributed by atoms with van der Waals surface area (Å²) in [6.45, 7) is 4.12. The quantitative estimate of drug-likeness (QED) is 0.482. The molecule has 0 saturated carbocycles. The van der Waals surface area contributed by atoms with Crippen LogP contribution in [-0.2, 0) is 4.74 Å². The van der Waals surface area contributed by atoms with E-state index in [1.165, 1.54) is 0 Å². The molecule has 3 N–H and O–H groups in total. The fourth-order valence-electron chi connectivity index (χ4n) is 1.22. The largest absolute Gasteiger partial charge is 0.462 e. The number of nitrogens with one attached hydrogen (secondary N) is 1. The summed E-state index contributed by atoms with van der Waals surface area (Å²) in [6.07, 6.45) is 0. The van der Waals surface area contributed by atoms with Crippen molar-refractivity contribution in [3.63, 3.8) is 0 Å². The van der Waals surface area contributed by atoms with Crippen LogP contribution in [0.2, 0.25) is 0 Å². The predicted molar refractivity (Wildman–Crippen MR) is 65.4 cm³/mol. The van der Waals surface area contributed by atoms with Crippen LogP contribution in [-0.4, -0.2) is 12.6 Å². The molecule has 0 bridgehead atoms. The summed E-state index contributed by atoms with van der Waals surface area (Å²) in [4.78, 5) is 11.3. The Morgan fingerprint density at radius 1 is 1.44 bits per heavy atom. The molecule has 1 rings (SSSR count). The molecule has 0 saturated heterocycles. The number of nitrogens with two attached hydrogens (primary N) is 1. The average molecular weight is 245 g/mol. The molecule has 0 aliphatic heterocycles. The molecule has 0 heterocycles. The lowest BCUT2D eigenvalue weighted by Gasteiger charge is -2.10. The van der Waals surface area contributed by atoms with Crippen LogP contribution in [0.5, 0.6) is 0 Å². The first-order chi connectivity index (χ1) is 7.19. The van der Waals surface area contributed by atoms with Crippen LogP contribution in [0, 0.1) is 0 Å². The smallest absolute Gasteiger partial charge is 0.338 e. The molecule has 0 unspecified atom stereocenters. The number of hydrazine groups is 1. The fourth-order valence-corrected chi connectivity index (χ4v) is 1.22. The first kappa shape index (κ1) is 14.9. The zero-order chi connectivity index (χ0) is 11.3. The third-order valence-corrected chi connectivity index (χ3v) is 2.17. The number of benzene rings is 1. The highest BCUT2D eigenvalue weighted by atomic mass is 35.5. The highest BCUT2D eigenvalue weighted by Crippen LogP contribution is 2.12. The van der Waals surface area contributed by atoms with E-state index in [9.17, 15) is 4.79 Å². The fraction of sp³-hybridized carbons (Fsp3) is 0.364. The summed E-state index contributed by atoms with van der Waals surface area (Å²) >= 11 is 0. The molecule has 1 aromatic rings. The second kappa shape index (κ2) is 7.22. The van der Waals surface area contributed by atoms with Crippen molar-refractivity contribution in [1.82, 2.24) is 5.43 Å². The van der Waals surface area contributed by atoms with E-state index in [4.69, 9.17) is 10.6 Å². The lowest BCUT2D eigenvalue weighted by Crippen LogP contribution is -2.25. The normalized spacial score (nSPS) is 11.4. The van der Waals surface area contributed by atoms with Gasteiger partial charge in [-0.05, 0) is 31.5 Å². The molecule has 0 aromatic heterocycles. The highest BCUT2D eigenvalue weighted by Gasteiger charge is 2.07. The summed E-state index contributed by atoms with van der Waals surface area (Å²) in [5.41, 5.74) is 4.23. The SMILES string of the molecule is CCOC(=O)c1ccc([C@H](C)NN)cc1.Cl. The summed E-state index contributed by atoms with van der Waals surface area (Å²) < 4.78 is 4.88. The zero-order valence-corrected chi connectivity index (χ0v) is 10.2. The van der Waals surface area contributed by atoms with Crippen molar-refractivity contribution in [3.05, 3.63) is 35.4 Å². The minimum Gasteiger partial charge on any atom is -0.462 e. The van der Waals surface area contributed by atoms with Crippen molar-refractivity contribution < 1.29 is 9.53 Å². The van der Waals surface area contributed by atoms with Crippen LogP contribution in [0.25, 0.3) is 0 Å². The van der Waals surface area contributed by atoms with Crippen LogP contribution in [0.1, 0.15) is 35.8 Å². The molecule has 1 atom stereocenters. The van der Waals surface area contributed by atoms with Crippen LogP contribution in [0.15, 0.2) is 24.3 Å². The lowest BCUT2D eigenvalue weighted by molar-refractivity contribution is 0.0526. The summed E-state index contributed by atoms with van der Waals surface area (Å²) in [6, 6.07) is 7.26. The number of esters is 1. The number of hydrogen-bond acceptors (Lipinski definition) is 4. The Hall–Kier alpha value is -1.10.